The number of aryl methyl sites for hydroxylation is 1. The lowest BCUT2D eigenvalue weighted by Gasteiger charge is -2.36. The minimum atomic E-state index is -0.0723. The van der Waals surface area contributed by atoms with Crippen LogP contribution in [0.2, 0.25) is 0 Å². The Bertz CT molecular complexity index is 501. The van der Waals surface area contributed by atoms with Crippen molar-refractivity contribution in [2.45, 2.75) is 70.5 Å². The number of carbonyl (C=O) groups is 1. The van der Waals surface area contributed by atoms with Gasteiger partial charge in [0.2, 0.25) is 0 Å². The van der Waals surface area contributed by atoms with E-state index in [1.54, 1.807) is 0 Å². The van der Waals surface area contributed by atoms with Crippen LogP contribution in [-0.2, 0) is 13.0 Å². The number of urea groups is 1. The molecule has 0 bridgehead atoms. The molecule has 1 aromatic heterocycles. The molecule has 1 saturated heterocycles. The summed E-state index contributed by atoms with van der Waals surface area (Å²) in [5.74, 6) is 0. The predicted molar refractivity (Wildman–Crippen MR) is 90.2 cm³/mol. The molecule has 1 aliphatic heterocycles. The Kier molecular flexibility index (Phi) is 5.54. The molecule has 2 fully saturated rings. The van der Waals surface area contributed by atoms with E-state index >= 15 is 0 Å². The number of aromatic amines is 1. The standard InChI is InChI=1S/C17H29N5O/c1-2-13-11-15(21-20-13)12-18-17(23)19-14-7-9-22(10-8-14)16-5-3-4-6-16/h11,14,16H,2-10,12H2,1H3,(H,20,21)(H2,18,19,23). The number of hydrogen-bond donors (Lipinski definition) is 3. The maximum atomic E-state index is 12.0. The number of nitrogens with zero attached hydrogens (tertiary/aromatic N) is 2. The molecular formula is C17H29N5O. The van der Waals surface area contributed by atoms with Crippen LogP contribution < -0.4 is 10.6 Å². The maximum absolute atomic E-state index is 12.0. The Morgan fingerprint density at radius 1 is 1.30 bits per heavy atom. The summed E-state index contributed by atoms with van der Waals surface area (Å²) < 4.78 is 0. The van der Waals surface area contributed by atoms with Crippen LogP contribution in [0.15, 0.2) is 6.07 Å². The van der Waals surface area contributed by atoms with Gasteiger partial charge in [0.1, 0.15) is 0 Å². The highest BCUT2D eigenvalue weighted by atomic mass is 16.2. The van der Waals surface area contributed by atoms with Crippen molar-refractivity contribution >= 4 is 6.03 Å². The van der Waals surface area contributed by atoms with E-state index in [1.807, 2.05) is 6.07 Å². The van der Waals surface area contributed by atoms with Crippen LogP contribution >= 0.6 is 0 Å². The number of rotatable bonds is 5. The van der Waals surface area contributed by atoms with Gasteiger partial charge >= 0.3 is 6.03 Å². The average molecular weight is 319 g/mol. The van der Waals surface area contributed by atoms with Gasteiger partial charge in [-0.15, -0.1) is 0 Å². The minimum Gasteiger partial charge on any atom is -0.335 e. The van der Waals surface area contributed by atoms with Crippen LogP contribution in [0.1, 0.15) is 56.8 Å². The van der Waals surface area contributed by atoms with E-state index in [4.69, 9.17) is 0 Å². The topological polar surface area (TPSA) is 73.1 Å². The lowest BCUT2D eigenvalue weighted by molar-refractivity contribution is 0.145. The highest BCUT2D eigenvalue weighted by Crippen LogP contribution is 2.26. The summed E-state index contributed by atoms with van der Waals surface area (Å²) >= 11 is 0. The number of nitrogens with one attached hydrogen (secondary N) is 3. The third-order valence-electron chi connectivity index (χ3n) is 5.19. The van der Waals surface area contributed by atoms with Crippen LogP contribution in [0.5, 0.6) is 0 Å². The van der Waals surface area contributed by atoms with Gasteiger partial charge in [-0.2, -0.15) is 5.10 Å². The highest BCUT2D eigenvalue weighted by molar-refractivity contribution is 5.74. The first-order valence-corrected chi connectivity index (χ1v) is 9.06. The van der Waals surface area contributed by atoms with Gasteiger partial charge in [0, 0.05) is 25.2 Å². The summed E-state index contributed by atoms with van der Waals surface area (Å²) in [6.07, 6.45) is 8.53. The van der Waals surface area contributed by atoms with E-state index in [2.05, 4.69) is 32.7 Å². The molecule has 2 heterocycles. The lowest BCUT2D eigenvalue weighted by Crippen LogP contribution is -2.49. The molecule has 6 nitrogen and oxygen atoms in total. The van der Waals surface area contributed by atoms with Gasteiger partial charge < -0.3 is 15.5 Å². The summed E-state index contributed by atoms with van der Waals surface area (Å²) in [6, 6.07) is 3.04. The average Bonchev–Trinajstić information content (AvgIpc) is 3.25. The number of carbonyl (C=O) groups excluding carboxylic acids is 1. The summed E-state index contributed by atoms with van der Waals surface area (Å²) in [7, 11) is 0. The van der Waals surface area contributed by atoms with Gasteiger partial charge in [0.15, 0.2) is 0 Å². The van der Waals surface area contributed by atoms with Crippen molar-refractivity contribution < 1.29 is 4.79 Å². The molecule has 128 valence electrons. The number of likely N-dealkylation sites (tertiary alicyclic amines) is 1. The molecule has 0 aromatic carbocycles. The van der Waals surface area contributed by atoms with E-state index in [1.165, 1.54) is 25.7 Å². The molecule has 0 unspecified atom stereocenters. The second kappa shape index (κ2) is 7.81. The quantitative estimate of drug-likeness (QED) is 0.779. The summed E-state index contributed by atoms with van der Waals surface area (Å²) in [5.41, 5.74) is 1.98. The lowest BCUT2D eigenvalue weighted by atomic mass is 10.0. The molecule has 3 rings (SSSR count). The smallest absolute Gasteiger partial charge is 0.315 e. The largest absolute Gasteiger partial charge is 0.335 e. The van der Waals surface area contributed by atoms with E-state index in [0.717, 1.165) is 49.8 Å². The number of piperidine rings is 1. The van der Waals surface area contributed by atoms with Crippen molar-refractivity contribution in [3.63, 3.8) is 0 Å². The molecule has 3 N–H and O–H groups in total. The van der Waals surface area contributed by atoms with E-state index in [0.29, 0.717) is 12.6 Å². The third kappa shape index (κ3) is 4.47. The zero-order chi connectivity index (χ0) is 16.1. The van der Waals surface area contributed by atoms with Crippen LogP contribution in [0.4, 0.5) is 4.79 Å². The Hall–Kier alpha value is -1.56. The fraction of sp³-hybridized carbons (Fsp3) is 0.765. The molecule has 23 heavy (non-hydrogen) atoms. The molecule has 6 heteroatoms. The second-order valence-electron chi connectivity index (χ2n) is 6.81. The number of amides is 2. The molecule has 0 spiro atoms. The Balaban J connectivity index is 1.35. The SMILES string of the molecule is CCc1cc(CNC(=O)NC2CCN(C3CCCC3)CC2)[nH]n1. The number of H-pyrrole nitrogens is 1. The van der Waals surface area contributed by atoms with Gasteiger partial charge in [-0.25, -0.2) is 4.79 Å². The van der Waals surface area contributed by atoms with Gasteiger partial charge in [-0.3, -0.25) is 5.10 Å². The Morgan fingerprint density at radius 2 is 2.04 bits per heavy atom. The van der Waals surface area contributed by atoms with Crippen molar-refractivity contribution in [3.05, 3.63) is 17.5 Å². The number of hydrogen-bond acceptors (Lipinski definition) is 3. The van der Waals surface area contributed by atoms with Crippen molar-refractivity contribution in [1.82, 2.24) is 25.7 Å². The fourth-order valence-electron chi connectivity index (χ4n) is 3.77. The van der Waals surface area contributed by atoms with E-state index < -0.39 is 0 Å². The molecule has 0 radical (unpaired) electrons. The van der Waals surface area contributed by atoms with Crippen LogP contribution in [-0.4, -0.2) is 46.3 Å². The molecular weight excluding hydrogens is 290 g/mol. The summed E-state index contributed by atoms with van der Waals surface area (Å²) in [5, 5.41) is 13.2. The monoisotopic (exact) mass is 319 g/mol. The van der Waals surface area contributed by atoms with Gasteiger partial charge in [0.05, 0.1) is 17.9 Å². The minimum absolute atomic E-state index is 0.0723. The third-order valence-corrected chi connectivity index (χ3v) is 5.19. The first-order valence-electron chi connectivity index (χ1n) is 9.06. The van der Waals surface area contributed by atoms with Crippen molar-refractivity contribution in [3.8, 4) is 0 Å². The van der Waals surface area contributed by atoms with Crippen LogP contribution in [0.25, 0.3) is 0 Å². The Labute approximate surface area is 138 Å². The van der Waals surface area contributed by atoms with Crippen molar-refractivity contribution in [2.24, 2.45) is 0 Å². The Morgan fingerprint density at radius 3 is 2.70 bits per heavy atom. The van der Waals surface area contributed by atoms with Crippen LogP contribution in [0, 0.1) is 0 Å². The molecule has 1 saturated carbocycles. The van der Waals surface area contributed by atoms with Crippen molar-refractivity contribution in [1.29, 1.82) is 0 Å². The summed E-state index contributed by atoms with van der Waals surface area (Å²) in [4.78, 5) is 14.7. The number of aromatic nitrogens is 2. The molecule has 1 aliphatic carbocycles. The fourth-order valence-corrected chi connectivity index (χ4v) is 3.77. The van der Waals surface area contributed by atoms with Gasteiger partial charge in [-0.05, 0) is 38.2 Å². The van der Waals surface area contributed by atoms with Gasteiger partial charge in [0.25, 0.3) is 0 Å². The summed E-state index contributed by atoms with van der Waals surface area (Å²) in [6.45, 7) is 4.81. The predicted octanol–water partition coefficient (Wildman–Crippen LogP) is 2.18. The first kappa shape index (κ1) is 16.3. The van der Waals surface area contributed by atoms with E-state index in [-0.39, 0.29) is 6.03 Å². The van der Waals surface area contributed by atoms with Crippen LogP contribution in [0.3, 0.4) is 0 Å². The normalized spacial score (nSPS) is 20.7. The highest BCUT2D eigenvalue weighted by Gasteiger charge is 2.27. The molecule has 1 aromatic rings. The first-order chi connectivity index (χ1) is 11.2. The van der Waals surface area contributed by atoms with Crippen molar-refractivity contribution in [2.75, 3.05) is 13.1 Å². The zero-order valence-electron chi connectivity index (χ0n) is 14.1. The maximum Gasteiger partial charge on any atom is 0.315 e. The van der Waals surface area contributed by atoms with Gasteiger partial charge in [-0.1, -0.05) is 19.8 Å². The zero-order valence-corrected chi connectivity index (χ0v) is 14.1. The molecule has 0 atom stereocenters. The molecule has 2 amide bonds. The second-order valence-corrected chi connectivity index (χ2v) is 6.81. The molecule has 2 aliphatic rings. The van der Waals surface area contributed by atoms with E-state index in [9.17, 15) is 4.79 Å².